The largest absolute Gasteiger partial charge is 0.355 e. The van der Waals surface area contributed by atoms with E-state index in [1.165, 1.54) is 55.6 Å². The maximum absolute atomic E-state index is 3.85. The Bertz CT molecular complexity index is 2930. The standard InChI is InChI=1S/C57H44N2/c1-57(2)53-27-13-12-24-48(53)49-25-15-26-50(56(49)57)52-38-45(31-35-55(52)58-46-32-28-41(29-33-46)39-16-6-3-7-17-39)44-30-34-54(51(37-44)42-20-10-5-11-21-42)59-47-23-14-22-43(36-47)40-18-8-4-9-19-40/h3-38,58-59H,1-2H3. The van der Waals surface area contributed by atoms with Crippen molar-refractivity contribution in [2.75, 3.05) is 10.6 Å². The van der Waals surface area contributed by atoms with E-state index in [0.717, 1.165) is 45.0 Å². The third kappa shape index (κ3) is 6.89. The minimum absolute atomic E-state index is 0.168. The monoisotopic (exact) mass is 756 g/mol. The van der Waals surface area contributed by atoms with Crippen molar-refractivity contribution in [3.63, 3.8) is 0 Å². The predicted octanol–water partition coefficient (Wildman–Crippen LogP) is 15.8. The molecular formula is C57H44N2. The predicted molar refractivity (Wildman–Crippen MR) is 251 cm³/mol. The molecule has 0 fully saturated rings. The number of anilines is 4. The minimum Gasteiger partial charge on any atom is -0.355 e. The molecule has 59 heavy (non-hydrogen) atoms. The molecule has 0 bridgehead atoms. The van der Waals surface area contributed by atoms with Gasteiger partial charge in [-0.2, -0.15) is 0 Å². The number of hydrogen-bond acceptors (Lipinski definition) is 2. The van der Waals surface area contributed by atoms with Crippen LogP contribution in [0.15, 0.2) is 218 Å². The third-order valence-electron chi connectivity index (χ3n) is 11.8. The molecule has 0 amide bonds. The maximum Gasteiger partial charge on any atom is 0.0464 e. The maximum atomic E-state index is 3.85. The fourth-order valence-electron chi connectivity index (χ4n) is 8.91. The number of fused-ring (bicyclic) bond motifs is 3. The molecule has 0 heterocycles. The number of benzene rings is 9. The summed E-state index contributed by atoms with van der Waals surface area (Å²) in [5, 5.41) is 7.63. The van der Waals surface area contributed by atoms with E-state index < -0.39 is 0 Å². The lowest BCUT2D eigenvalue weighted by Gasteiger charge is -2.26. The van der Waals surface area contributed by atoms with Crippen LogP contribution in [0.1, 0.15) is 25.0 Å². The molecule has 2 N–H and O–H groups in total. The summed E-state index contributed by atoms with van der Waals surface area (Å²) in [5.74, 6) is 0. The van der Waals surface area contributed by atoms with Crippen LogP contribution in [-0.4, -0.2) is 0 Å². The Balaban J connectivity index is 1.08. The molecule has 0 saturated heterocycles. The highest BCUT2D eigenvalue weighted by Gasteiger charge is 2.37. The van der Waals surface area contributed by atoms with Crippen LogP contribution >= 0.6 is 0 Å². The van der Waals surface area contributed by atoms with Gasteiger partial charge in [0.05, 0.1) is 0 Å². The van der Waals surface area contributed by atoms with E-state index in [1.807, 2.05) is 0 Å². The lowest BCUT2D eigenvalue weighted by atomic mass is 9.78. The van der Waals surface area contributed by atoms with E-state index in [2.05, 4.69) is 243 Å². The molecule has 9 aromatic carbocycles. The van der Waals surface area contributed by atoms with Crippen LogP contribution in [0.25, 0.3) is 66.8 Å². The van der Waals surface area contributed by atoms with Crippen molar-refractivity contribution in [1.82, 2.24) is 0 Å². The van der Waals surface area contributed by atoms with E-state index in [-0.39, 0.29) is 5.41 Å². The van der Waals surface area contributed by atoms with Crippen molar-refractivity contribution in [1.29, 1.82) is 0 Å². The first-order valence-corrected chi connectivity index (χ1v) is 20.4. The molecule has 0 spiro atoms. The summed E-state index contributed by atoms with van der Waals surface area (Å²) in [6.07, 6.45) is 0. The second-order valence-electron chi connectivity index (χ2n) is 15.9. The molecule has 282 valence electrons. The van der Waals surface area contributed by atoms with Gasteiger partial charge in [0.2, 0.25) is 0 Å². The highest BCUT2D eigenvalue weighted by Crippen LogP contribution is 2.53. The number of nitrogens with one attached hydrogen (secondary N) is 2. The lowest BCUT2D eigenvalue weighted by Crippen LogP contribution is -2.16. The van der Waals surface area contributed by atoms with Gasteiger partial charge in [-0.25, -0.2) is 0 Å². The Morgan fingerprint density at radius 3 is 1.41 bits per heavy atom. The first-order valence-electron chi connectivity index (χ1n) is 20.4. The van der Waals surface area contributed by atoms with Gasteiger partial charge in [0.1, 0.15) is 0 Å². The smallest absolute Gasteiger partial charge is 0.0464 e. The Kier molecular flexibility index (Phi) is 9.24. The van der Waals surface area contributed by atoms with Gasteiger partial charge in [-0.3, -0.25) is 0 Å². The second kappa shape index (κ2) is 15.2. The highest BCUT2D eigenvalue weighted by atomic mass is 14.9. The van der Waals surface area contributed by atoms with Gasteiger partial charge in [0.15, 0.2) is 0 Å². The molecule has 0 aromatic heterocycles. The van der Waals surface area contributed by atoms with Crippen LogP contribution in [0.3, 0.4) is 0 Å². The normalized spacial score (nSPS) is 12.4. The number of hydrogen-bond donors (Lipinski definition) is 2. The molecule has 10 rings (SSSR count). The van der Waals surface area contributed by atoms with Gasteiger partial charge in [0, 0.05) is 39.3 Å². The molecular weight excluding hydrogens is 713 g/mol. The molecule has 0 aliphatic heterocycles. The first kappa shape index (κ1) is 36.0. The van der Waals surface area contributed by atoms with E-state index >= 15 is 0 Å². The van der Waals surface area contributed by atoms with Crippen LogP contribution in [0, 0.1) is 0 Å². The Morgan fingerprint density at radius 1 is 0.288 bits per heavy atom. The summed E-state index contributed by atoms with van der Waals surface area (Å²) < 4.78 is 0. The molecule has 9 aromatic rings. The average Bonchev–Trinajstić information content (AvgIpc) is 3.54. The van der Waals surface area contributed by atoms with Gasteiger partial charge >= 0.3 is 0 Å². The zero-order chi connectivity index (χ0) is 39.8. The van der Waals surface area contributed by atoms with Crippen molar-refractivity contribution >= 4 is 22.7 Å². The van der Waals surface area contributed by atoms with Crippen LogP contribution in [0.5, 0.6) is 0 Å². The quantitative estimate of drug-likeness (QED) is 0.153. The van der Waals surface area contributed by atoms with Crippen molar-refractivity contribution in [2.45, 2.75) is 19.3 Å². The zero-order valence-electron chi connectivity index (χ0n) is 33.3. The van der Waals surface area contributed by atoms with E-state index in [1.54, 1.807) is 0 Å². The number of rotatable bonds is 9. The van der Waals surface area contributed by atoms with Crippen molar-refractivity contribution in [3.05, 3.63) is 230 Å². The van der Waals surface area contributed by atoms with Crippen molar-refractivity contribution < 1.29 is 0 Å². The Morgan fingerprint density at radius 2 is 0.729 bits per heavy atom. The van der Waals surface area contributed by atoms with Gasteiger partial charge in [-0.1, -0.05) is 184 Å². The van der Waals surface area contributed by atoms with Gasteiger partial charge in [0.25, 0.3) is 0 Å². The Hall–Kier alpha value is -7.42. The second-order valence-corrected chi connectivity index (χ2v) is 15.9. The lowest BCUT2D eigenvalue weighted by molar-refractivity contribution is 0.662. The molecule has 0 unspecified atom stereocenters. The zero-order valence-corrected chi connectivity index (χ0v) is 33.3. The SMILES string of the molecule is CC1(C)c2ccccc2-c2cccc(-c3cc(-c4ccc(Nc5cccc(-c6ccccc6)c5)c(-c5ccccc5)c4)ccc3Nc3ccc(-c4ccccc4)cc3)c21. The van der Waals surface area contributed by atoms with E-state index in [0.29, 0.717) is 0 Å². The summed E-state index contributed by atoms with van der Waals surface area (Å²) in [6.45, 7) is 4.74. The molecule has 0 radical (unpaired) electrons. The summed E-state index contributed by atoms with van der Waals surface area (Å²) in [5.41, 5.74) is 21.2. The third-order valence-corrected chi connectivity index (χ3v) is 11.8. The van der Waals surface area contributed by atoms with Crippen molar-refractivity contribution in [2.24, 2.45) is 0 Å². The van der Waals surface area contributed by atoms with Gasteiger partial charge in [-0.05, 0) is 115 Å². The van der Waals surface area contributed by atoms with E-state index in [4.69, 9.17) is 0 Å². The van der Waals surface area contributed by atoms with Crippen LogP contribution in [-0.2, 0) is 5.41 Å². The molecule has 0 atom stereocenters. The first-order chi connectivity index (χ1) is 29.0. The fourth-order valence-corrected chi connectivity index (χ4v) is 8.91. The summed E-state index contributed by atoms with van der Waals surface area (Å²) in [6, 6.07) is 78.6. The molecule has 2 heteroatoms. The van der Waals surface area contributed by atoms with Gasteiger partial charge in [-0.15, -0.1) is 0 Å². The fraction of sp³-hybridized carbons (Fsp3) is 0.0526. The molecule has 1 aliphatic carbocycles. The van der Waals surface area contributed by atoms with Crippen LogP contribution < -0.4 is 10.6 Å². The summed E-state index contributed by atoms with van der Waals surface area (Å²) in [7, 11) is 0. The molecule has 0 saturated carbocycles. The summed E-state index contributed by atoms with van der Waals surface area (Å²) in [4.78, 5) is 0. The average molecular weight is 757 g/mol. The molecule has 2 nitrogen and oxygen atoms in total. The Labute approximate surface area is 347 Å². The highest BCUT2D eigenvalue weighted by molar-refractivity contribution is 5.94. The topological polar surface area (TPSA) is 24.1 Å². The van der Waals surface area contributed by atoms with E-state index in [9.17, 15) is 0 Å². The van der Waals surface area contributed by atoms with Crippen molar-refractivity contribution in [3.8, 4) is 66.8 Å². The minimum atomic E-state index is -0.168. The van der Waals surface area contributed by atoms with Crippen LogP contribution in [0.4, 0.5) is 22.7 Å². The van der Waals surface area contributed by atoms with Gasteiger partial charge < -0.3 is 10.6 Å². The molecule has 1 aliphatic rings. The summed E-state index contributed by atoms with van der Waals surface area (Å²) >= 11 is 0. The van der Waals surface area contributed by atoms with Crippen LogP contribution in [0.2, 0.25) is 0 Å².